The first-order valence-corrected chi connectivity index (χ1v) is 21.4. The lowest BCUT2D eigenvalue weighted by Crippen LogP contribution is -1.97. The van der Waals surface area contributed by atoms with E-state index in [-0.39, 0.29) is 11.1 Å². The second-order valence-electron chi connectivity index (χ2n) is 14.9. The first-order chi connectivity index (χ1) is 30.0. The van der Waals surface area contributed by atoms with Gasteiger partial charge in [-0.15, -0.1) is 0 Å². The van der Waals surface area contributed by atoms with Crippen molar-refractivity contribution in [2.75, 3.05) is 0 Å². The van der Waals surface area contributed by atoms with E-state index < -0.39 is 34.6 Å². The van der Waals surface area contributed by atoms with Crippen LogP contribution in [0.25, 0.3) is 22.3 Å². The predicted molar refractivity (Wildman–Crippen MR) is 254 cm³/mol. The molecule has 62 heavy (non-hydrogen) atoms. The van der Waals surface area contributed by atoms with Gasteiger partial charge in [-0.05, 0) is 137 Å². The van der Waals surface area contributed by atoms with Gasteiger partial charge in [0.15, 0.2) is 23.3 Å². The molecule has 2 atom stereocenters. The third-order valence-electron chi connectivity index (χ3n) is 10.5. The summed E-state index contributed by atoms with van der Waals surface area (Å²) in [6.45, 7) is 8.95. The maximum atomic E-state index is 13.9. The van der Waals surface area contributed by atoms with Crippen molar-refractivity contribution in [2.45, 2.75) is 72.1 Å². The van der Waals surface area contributed by atoms with Crippen LogP contribution in [0, 0.1) is 52.9 Å². The second kappa shape index (κ2) is 23.7. The summed E-state index contributed by atoms with van der Waals surface area (Å²) in [5.41, 5.74) is 8.31. The van der Waals surface area contributed by atoms with E-state index in [0.29, 0.717) is 11.8 Å². The van der Waals surface area contributed by atoms with Crippen molar-refractivity contribution in [2.24, 2.45) is 15.9 Å². The molecule has 0 aliphatic heterocycles. The maximum Gasteiger partial charge on any atom is 0.153 e. The topological polar surface area (TPSA) is 24.7 Å². The molecule has 0 N–H and O–H groups in total. The maximum absolute atomic E-state index is 13.9. The fourth-order valence-electron chi connectivity index (χ4n) is 6.75. The molecule has 0 aliphatic rings. The Morgan fingerprint density at radius 3 is 1.23 bits per heavy atom. The largest absolute Gasteiger partial charge is 0.204 e. The molecule has 6 aromatic rings. The van der Waals surface area contributed by atoms with E-state index in [9.17, 15) is 17.6 Å². The quantitative estimate of drug-likeness (QED) is 0.0530. The third kappa shape index (κ3) is 13.4. The standard InChI is InChI=1S/C28H25F2NS.C26H21F2NS/c1-3-5-6-22(4-2)23-13-15-25(16-14-23)24-11-9-20(10-12-24)7-8-21-17-26(29)28(31-19-32)27(30)18-21;1-3-18(2)14-20-8-12-23(13-9-20)22-10-6-19(7-11-22)4-5-21-15-24(27)26(29-17-30)25(28)16-21/h9-18,22H,3-6H2,1-2H3;6-13,15-16,18H,3,14H2,1-2H3. The second-order valence-corrected chi connectivity index (χ2v) is 15.3. The van der Waals surface area contributed by atoms with E-state index in [1.165, 1.54) is 36.8 Å². The van der Waals surface area contributed by atoms with Crippen LogP contribution in [0.1, 0.15) is 99.1 Å². The highest BCUT2D eigenvalue weighted by molar-refractivity contribution is 7.78. The van der Waals surface area contributed by atoms with Crippen LogP contribution >= 0.6 is 24.4 Å². The lowest BCUT2D eigenvalue weighted by atomic mass is 9.90. The molecule has 0 aliphatic carbocycles. The van der Waals surface area contributed by atoms with Gasteiger partial charge in [-0.2, -0.15) is 9.98 Å². The summed E-state index contributed by atoms with van der Waals surface area (Å²) in [6, 6.07) is 37.6. The van der Waals surface area contributed by atoms with Crippen molar-refractivity contribution in [1.29, 1.82) is 0 Å². The Morgan fingerprint density at radius 1 is 0.500 bits per heavy atom. The molecule has 0 saturated carbocycles. The van der Waals surface area contributed by atoms with Crippen LogP contribution in [0.4, 0.5) is 28.9 Å². The Morgan fingerprint density at radius 2 is 0.871 bits per heavy atom. The summed E-state index contributed by atoms with van der Waals surface area (Å²) in [4.78, 5) is 6.80. The minimum Gasteiger partial charge on any atom is -0.204 e. The molecule has 0 aromatic heterocycles. The van der Waals surface area contributed by atoms with E-state index in [2.05, 4.69) is 134 Å². The lowest BCUT2D eigenvalue weighted by Gasteiger charge is -2.15. The summed E-state index contributed by atoms with van der Waals surface area (Å²) in [7, 11) is 0. The van der Waals surface area contributed by atoms with Crippen LogP contribution in [-0.2, 0) is 6.42 Å². The Labute approximate surface area is 373 Å². The number of aliphatic imine (C=N–C) groups is 2. The summed E-state index contributed by atoms with van der Waals surface area (Å²) in [5.74, 6) is 9.50. The van der Waals surface area contributed by atoms with Crippen LogP contribution in [0.2, 0.25) is 0 Å². The molecule has 2 nitrogen and oxygen atoms in total. The molecule has 2 unspecified atom stereocenters. The highest BCUT2D eigenvalue weighted by atomic mass is 32.1. The minimum absolute atomic E-state index is 0.231. The first-order valence-electron chi connectivity index (χ1n) is 20.6. The number of isothiocyanates is 2. The highest BCUT2D eigenvalue weighted by Crippen LogP contribution is 2.29. The SMILES string of the molecule is CCC(C)Cc1ccc(-c2ccc(C#Cc3cc(F)c(N=C=S)c(F)c3)cc2)cc1.CCCCC(CC)c1ccc(-c2ccc(C#Cc3cc(F)c(N=C=S)c(F)c3)cc2)cc1. The van der Waals surface area contributed by atoms with E-state index in [1.54, 1.807) is 0 Å². The number of nitrogens with zero attached hydrogens (tertiary/aromatic N) is 2. The molecule has 8 heteroatoms. The highest BCUT2D eigenvalue weighted by Gasteiger charge is 2.12. The van der Waals surface area contributed by atoms with E-state index in [1.807, 2.05) is 58.9 Å². The van der Waals surface area contributed by atoms with Crippen LogP contribution in [0.3, 0.4) is 0 Å². The number of benzene rings is 6. The first kappa shape index (κ1) is 46.8. The van der Waals surface area contributed by atoms with Gasteiger partial charge in [0.2, 0.25) is 0 Å². The van der Waals surface area contributed by atoms with E-state index in [4.69, 9.17) is 0 Å². The molecule has 0 bridgehead atoms. The van der Waals surface area contributed by atoms with Crippen LogP contribution in [0.15, 0.2) is 131 Å². The molecule has 0 heterocycles. The zero-order valence-corrected chi connectivity index (χ0v) is 36.8. The lowest BCUT2D eigenvalue weighted by molar-refractivity contribution is 0.560. The molecule has 0 fully saturated rings. The molecule has 6 aromatic carbocycles. The van der Waals surface area contributed by atoms with Gasteiger partial charge in [-0.25, -0.2) is 17.6 Å². The molecule has 6 rings (SSSR count). The Hall–Kier alpha value is -6.24. The monoisotopic (exact) mass is 862 g/mol. The van der Waals surface area contributed by atoms with Crippen LogP contribution < -0.4 is 0 Å². The number of rotatable bonds is 12. The number of hydrogen-bond acceptors (Lipinski definition) is 4. The van der Waals surface area contributed by atoms with Crippen molar-refractivity contribution >= 4 is 46.1 Å². The van der Waals surface area contributed by atoms with Crippen molar-refractivity contribution < 1.29 is 17.6 Å². The average Bonchev–Trinajstić information content (AvgIpc) is 3.28. The number of hydrogen-bond donors (Lipinski definition) is 0. The summed E-state index contributed by atoms with van der Waals surface area (Å²) in [5, 5.41) is 3.94. The molecule has 0 spiro atoms. The number of unbranched alkanes of at least 4 members (excludes halogenated alkanes) is 1. The van der Waals surface area contributed by atoms with E-state index in [0.717, 1.165) is 70.5 Å². The Balaban J connectivity index is 0.000000235. The fraction of sp³-hybridized carbons (Fsp3) is 0.222. The summed E-state index contributed by atoms with van der Waals surface area (Å²) < 4.78 is 55.7. The van der Waals surface area contributed by atoms with Crippen molar-refractivity contribution in [3.8, 4) is 45.9 Å². The molecular formula is C54H46F4N2S2. The van der Waals surface area contributed by atoms with Gasteiger partial charge in [0.1, 0.15) is 11.4 Å². The van der Waals surface area contributed by atoms with Crippen LogP contribution in [-0.4, -0.2) is 10.3 Å². The van der Waals surface area contributed by atoms with Gasteiger partial charge in [-0.1, -0.05) is 143 Å². The van der Waals surface area contributed by atoms with E-state index >= 15 is 0 Å². The van der Waals surface area contributed by atoms with Gasteiger partial charge in [0.05, 0.1) is 10.3 Å². The Kier molecular flexibility index (Phi) is 17.9. The van der Waals surface area contributed by atoms with Crippen LogP contribution in [0.5, 0.6) is 0 Å². The van der Waals surface area contributed by atoms with Gasteiger partial charge in [-0.3, -0.25) is 0 Å². The zero-order valence-electron chi connectivity index (χ0n) is 35.2. The molecule has 0 saturated heterocycles. The predicted octanol–water partition coefficient (Wildman–Crippen LogP) is 15.8. The third-order valence-corrected chi connectivity index (χ3v) is 10.7. The molecule has 0 radical (unpaired) electrons. The molecule has 0 amide bonds. The van der Waals surface area contributed by atoms with Crippen molar-refractivity contribution in [1.82, 2.24) is 0 Å². The zero-order chi connectivity index (χ0) is 44.4. The van der Waals surface area contributed by atoms with Gasteiger partial charge >= 0.3 is 0 Å². The fourth-order valence-corrected chi connectivity index (χ4v) is 6.93. The smallest absolute Gasteiger partial charge is 0.153 e. The Bertz CT molecular complexity index is 2630. The summed E-state index contributed by atoms with van der Waals surface area (Å²) in [6.07, 6.45) is 7.13. The normalized spacial score (nSPS) is 11.2. The van der Waals surface area contributed by atoms with Crippen molar-refractivity contribution in [3.63, 3.8) is 0 Å². The van der Waals surface area contributed by atoms with Crippen molar-refractivity contribution in [3.05, 3.63) is 178 Å². The molecular weight excluding hydrogens is 817 g/mol. The average molecular weight is 863 g/mol. The van der Waals surface area contributed by atoms with Gasteiger partial charge < -0.3 is 0 Å². The van der Waals surface area contributed by atoms with Gasteiger partial charge in [0.25, 0.3) is 0 Å². The number of halogens is 4. The number of thiocarbonyl (C=S) groups is 2. The van der Waals surface area contributed by atoms with Gasteiger partial charge in [0, 0.05) is 22.3 Å². The molecule has 312 valence electrons. The summed E-state index contributed by atoms with van der Waals surface area (Å²) >= 11 is 8.80. The minimum atomic E-state index is -0.816.